The average molecular weight is 1050 g/mol. The van der Waals surface area contributed by atoms with E-state index >= 15 is 0 Å². The maximum atomic E-state index is 6.83. The fraction of sp³-hybridized carbons (Fsp3) is 0.356. The van der Waals surface area contributed by atoms with E-state index in [1.807, 2.05) is 12.3 Å². The molecule has 2 aromatic heterocycles. The van der Waals surface area contributed by atoms with Crippen molar-refractivity contribution in [3.8, 4) is 28.4 Å². The van der Waals surface area contributed by atoms with Crippen LogP contribution in [-0.2, 0) is 48.1 Å². The molecular formula is C59H69N4OPt-3. The van der Waals surface area contributed by atoms with Crippen molar-refractivity contribution in [3.63, 3.8) is 0 Å². The molecule has 0 saturated carbocycles. The molecule has 0 atom stereocenters. The Labute approximate surface area is 405 Å². The van der Waals surface area contributed by atoms with Crippen molar-refractivity contribution in [2.45, 2.75) is 131 Å². The first kappa shape index (κ1) is 49.3. The fourth-order valence-electron chi connectivity index (χ4n) is 8.25. The van der Waals surface area contributed by atoms with Gasteiger partial charge in [-0.3, -0.25) is 0 Å². The normalized spacial score (nSPS) is 13.6. The van der Waals surface area contributed by atoms with Gasteiger partial charge < -0.3 is 26.5 Å². The van der Waals surface area contributed by atoms with Crippen molar-refractivity contribution in [2.75, 3.05) is 16.5 Å². The molecule has 5 aromatic carbocycles. The number of benzene rings is 5. The molecule has 8 rings (SSSR count). The van der Waals surface area contributed by atoms with Crippen LogP contribution in [0.5, 0.6) is 11.5 Å². The van der Waals surface area contributed by atoms with Gasteiger partial charge in [-0.2, -0.15) is 6.07 Å². The summed E-state index contributed by atoms with van der Waals surface area (Å²) < 4.78 is 9.07. The molecule has 0 fully saturated rings. The largest absolute Gasteiger partial charge is 0.509 e. The molecule has 7 aromatic rings. The van der Waals surface area contributed by atoms with E-state index in [4.69, 9.17) is 9.72 Å². The molecule has 0 N–H and O–H groups in total. The summed E-state index contributed by atoms with van der Waals surface area (Å²) >= 11 is 0. The van der Waals surface area contributed by atoms with Gasteiger partial charge in [0.05, 0.1) is 6.67 Å². The number of nitrogens with zero attached hydrogens (tertiary/aromatic N) is 4. The SMILES string of the molecule is CC(C)(C)c1ccc(-c2ccc3c(c2)c2ccc(Oc4[c-]c(N5C=CN(c6cc(C(C)(C)C)cc(C(C)(C)C)c6)C5)cc(C(C)(C)C)c4)[c-]c2n3-c2cc(C(C)(C)C)ccn2)cc1.[CH3-].[Pt]. The van der Waals surface area contributed by atoms with Gasteiger partial charge in [0.1, 0.15) is 5.82 Å². The van der Waals surface area contributed by atoms with E-state index in [1.54, 1.807) is 0 Å². The minimum atomic E-state index is -0.123. The summed E-state index contributed by atoms with van der Waals surface area (Å²) in [6.45, 7) is 34.7. The van der Waals surface area contributed by atoms with Crippen molar-refractivity contribution in [2.24, 2.45) is 0 Å². The molecule has 0 spiro atoms. The second-order valence-corrected chi connectivity index (χ2v) is 22.8. The van der Waals surface area contributed by atoms with Crippen LogP contribution >= 0.6 is 0 Å². The summed E-state index contributed by atoms with van der Waals surface area (Å²) in [5.41, 5.74) is 12.9. The van der Waals surface area contributed by atoms with Crippen LogP contribution < -0.4 is 14.5 Å². The predicted octanol–water partition coefficient (Wildman–Crippen LogP) is 15.9. The number of aromatic nitrogens is 2. The smallest absolute Gasteiger partial charge is 0.135 e. The Morgan fingerprint density at radius 1 is 0.492 bits per heavy atom. The zero-order chi connectivity index (χ0) is 45.4. The first-order valence-corrected chi connectivity index (χ1v) is 22.5. The van der Waals surface area contributed by atoms with Crippen molar-refractivity contribution in [1.82, 2.24) is 9.55 Å². The Balaban J connectivity index is 0.00000350. The minimum Gasteiger partial charge on any atom is -0.509 e. The Hall–Kier alpha value is -5.12. The Morgan fingerprint density at radius 3 is 1.66 bits per heavy atom. The summed E-state index contributed by atoms with van der Waals surface area (Å²) in [6, 6.07) is 43.1. The van der Waals surface area contributed by atoms with Crippen LogP contribution in [0.2, 0.25) is 0 Å². The van der Waals surface area contributed by atoms with Crippen LogP contribution in [0.25, 0.3) is 38.8 Å². The van der Waals surface area contributed by atoms with Gasteiger partial charge in [0.15, 0.2) is 0 Å². The summed E-state index contributed by atoms with van der Waals surface area (Å²) in [5, 5.41) is 2.23. The number of pyridine rings is 1. The Bertz CT molecular complexity index is 2830. The zero-order valence-corrected chi connectivity index (χ0v) is 44.0. The third-order valence-corrected chi connectivity index (χ3v) is 12.5. The molecule has 0 bridgehead atoms. The molecule has 344 valence electrons. The molecule has 0 amide bonds. The number of rotatable bonds is 6. The summed E-state index contributed by atoms with van der Waals surface area (Å²) in [6.07, 6.45) is 6.26. The molecule has 3 heterocycles. The molecular weight excluding hydrogens is 976 g/mol. The van der Waals surface area contributed by atoms with Crippen LogP contribution in [0.1, 0.15) is 132 Å². The maximum absolute atomic E-state index is 6.83. The second-order valence-electron chi connectivity index (χ2n) is 22.8. The number of ether oxygens (including phenoxy) is 1. The van der Waals surface area contributed by atoms with E-state index < -0.39 is 0 Å². The third-order valence-electron chi connectivity index (χ3n) is 12.5. The predicted molar refractivity (Wildman–Crippen MR) is 274 cm³/mol. The average Bonchev–Trinajstić information content (AvgIpc) is 3.82. The number of hydrogen-bond donors (Lipinski definition) is 0. The van der Waals surface area contributed by atoms with Gasteiger partial charge in [0.2, 0.25) is 0 Å². The maximum Gasteiger partial charge on any atom is 0.135 e. The second kappa shape index (κ2) is 17.6. The van der Waals surface area contributed by atoms with Gasteiger partial charge in [-0.15, -0.1) is 41.3 Å². The van der Waals surface area contributed by atoms with Gasteiger partial charge in [-0.1, -0.05) is 158 Å². The first-order valence-electron chi connectivity index (χ1n) is 22.5. The molecule has 6 heteroatoms. The monoisotopic (exact) mass is 1040 g/mol. The van der Waals surface area contributed by atoms with E-state index in [0.717, 1.165) is 33.3 Å². The molecule has 5 nitrogen and oxygen atoms in total. The molecule has 0 radical (unpaired) electrons. The van der Waals surface area contributed by atoms with Crippen LogP contribution in [0.15, 0.2) is 116 Å². The van der Waals surface area contributed by atoms with E-state index in [1.165, 1.54) is 44.6 Å². The summed E-state index contributed by atoms with van der Waals surface area (Å²) in [7, 11) is 0. The fourth-order valence-corrected chi connectivity index (χ4v) is 8.25. The molecule has 0 saturated heterocycles. The van der Waals surface area contributed by atoms with Crippen molar-refractivity contribution >= 4 is 33.2 Å². The molecule has 0 unspecified atom stereocenters. The van der Waals surface area contributed by atoms with Crippen molar-refractivity contribution in [1.29, 1.82) is 0 Å². The topological polar surface area (TPSA) is 33.5 Å². The van der Waals surface area contributed by atoms with Gasteiger partial charge in [0.25, 0.3) is 0 Å². The minimum absolute atomic E-state index is 0. The Morgan fingerprint density at radius 2 is 1.06 bits per heavy atom. The van der Waals surface area contributed by atoms with Crippen molar-refractivity contribution < 1.29 is 25.8 Å². The zero-order valence-electron chi connectivity index (χ0n) is 41.7. The summed E-state index contributed by atoms with van der Waals surface area (Å²) in [4.78, 5) is 9.55. The van der Waals surface area contributed by atoms with Gasteiger partial charge in [0, 0.05) is 62.4 Å². The van der Waals surface area contributed by atoms with E-state index in [2.05, 4.69) is 234 Å². The third kappa shape index (κ3) is 10.3. The molecule has 65 heavy (non-hydrogen) atoms. The number of hydrogen-bond acceptors (Lipinski definition) is 4. The summed E-state index contributed by atoms with van der Waals surface area (Å²) in [5.74, 6) is 2.13. The van der Waals surface area contributed by atoms with E-state index in [0.29, 0.717) is 18.2 Å². The standard InChI is InChI=1S/C58H66N4O.CH3.Pt/c1-54(2,3)40-19-16-38(17-20-40)39-18-23-51-50(28-39)49-22-21-47(36-52(49)62(51)53-34-41(24-25-59-53)55(4,5)6)63-48-33-44(58(13,14)15)32-46(35-48)61-27-26-60(37-61)45-30-42(56(7,8)9)29-43(31-45)57(10,11)12;;/h16-34H,37H2,1-15H3;1H3;/q-2;-1;. The number of fused-ring (bicyclic) bond motifs is 3. The Kier molecular flexibility index (Phi) is 13.3. The number of anilines is 2. The van der Waals surface area contributed by atoms with Gasteiger partial charge >= 0.3 is 0 Å². The molecule has 1 aliphatic heterocycles. The first-order chi connectivity index (χ1) is 29.3. The van der Waals surface area contributed by atoms with Crippen molar-refractivity contribution in [3.05, 3.63) is 163 Å². The van der Waals surface area contributed by atoms with E-state index in [9.17, 15) is 0 Å². The van der Waals surface area contributed by atoms with Crippen LogP contribution in [0.3, 0.4) is 0 Å². The van der Waals surface area contributed by atoms with Crippen LogP contribution in [0.4, 0.5) is 11.4 Å². The van der Waals surface area contributed by atoms with Crippen LogP contribution in [-0.4, -0.2) is 16.2 Å². The van der Waals surface area contributed by atoms with Crippen LogP contribution in [0, 0.1) is 19.6 Å². The van der Waals surface area contributed by atoms with Gasteiger partial charge in [-0.25, -0.2) is 4.98 Å². The molecule has 0 aliphatic carbocycles. The van der Waals surface area contributed by atoms with Gasteiger partial charge in [-0.05, 0) is 96.2 Å². The molecule has 1 aliphatic rings. The quantitative estimate of drug-likeness (QED) is 0.155. The van der Waals surface area contributed by atoms with E-state index in [-0.39, 0.29) is 55.6 Å².